The second-order valence-corrected chi connectivity index (χ2v) is 16.7. The van der Waals surface area contributed by atoms with Gasteiger partial charge in [-0.05, 0) is 0 Å². The van der Waals surface area contributed by atoms with Crippen molar-refractivity contribution in [3.05, 3.63) is 143 Å². The molecule has 0 aromatic heterocycles. The number of benzene rings is 4. The van der Waals surface area contributed by atoms with Crippen LogP contribution in [0.1, 0.15) is 41.8 Å². The largest absolute Gasteiger partial charge is 1.00 e. The quantitative estimate of drug-likeness (QED) is 0.332. The monoisotopic (exact) mass is 556 g/mol. The van der Waals surface area contributed by atoms with E-state index in [4.69, 9.17) is 0 Å². The number of halogens is 2. The van der Waals surface area contributed by atoms with Crippen molar-refractivity contribution in [1.29, 1.82) is 0 Å². The van der Waals surface area contributed by atoms with Crippen molar-refractivity contribution in [2.75, 3.05) is 0 Å². The molecule has 7 rings (SSSR count). The maximum absolute atomic E-state index is 2.62. The Balaban J connectivity index is 0.00000133. The fourth-order valence-electron chi connectivity index (χ4n) is 6.68. The summed E-state index contributed by atoms with van der Waals surface area (Å²) in [5.74, 6) is 0. The molecule has 4 aromatic carbocycles. The molecule has 2 unspecified atom stereocenters. The van der Waals surface area contributed by atoms with Crippen molar-refractivity contribution in [3.63, 3.8) is 0 Å². The van der Waals surface area contributed by atoms with Crippen LogP contribution >= 0.6 is 0 Å². The Morgan fingerprint density at radius 3 is 1.28 bits per heavy atom. The zero-order chi connectivity index (χ0) is 22.9. The van der Waals surface area contributed by atoms with E-state index in [1.807, 2.05) is 0 Å². The topological polar surface area (TPSA) is 0 Å². The van der Waals surface area contributed by atoms with Gasteiger partial charge in [0.1, 0.15) is 0 Å². The van der Waals surface area contributed by atoms with Crippen molar-refractivity contribution >= 4 is 29.6 Å². The molecule has 2 aliphatic carbocycles. The predicted octanol–water partition coefficient (Wildman–Crippen LogP) is 2.21. The molecule has 0 saturated carbocycles. The average Bonchev–Trinajstić information content (AvgIpc) is 3.40. The molecule has 0 radical (unpaired) electrons. The van der Waals surface area contributed by atoms with Crippen molar-refractivity contribution in [1.82, 2.24) is 0 Å². The van der Waals surface area contributed by atoms with Crippen LogP contribution in [0.25, 0.3) is 21.5 Å². The summed E-state index contributed by atoms with van der Waals surface area (Å²) in [4.78, 5) is 0. The third-order valence-corrected chi connectivity index (χ3v) is 14.4. The van der Waals surface area contributed by atoms with Crippen LogP contribution in [0.5, 0.6) is 0 Å². The first-order valence-corrected chi connectivity index (χ1v) is 17.0. The first kappa shape index (κ1) is 25.5. The van der Waals surface area contributed by atoms with Crippen LogP contribution < -0.4 is 24.8 Å². The molecule has 4 aromatic rings. The van der Waals surface area contributed by atoms with Crippen LogP contribution in [0.15, 0.2) is 109 Å². The average molecular weight is 557 g/mol. The molecule has 0 saturated heterocycles. The Morgan fingerprint density at radius 2 is 0.861 bits per heavy atom. The molecule has 36 heavy (non-hydrogen) atoms. The van der Waals surface area contributed by atoms with Crippen molar-refractivity contribution < 1.29 is 44.0 Å². The first-order valence-electron chi connectivity index (χ1n) is 12.2. The predicted molar refractivity (Wildman–Crippen MR) is 142 cm³/mol. The normalized spacial score (nSPS) is 20.1. The molecule has 0 fully saturated rings. The maximum Gasteiger partial charge on any atom is -1.00 e. The van der Waals surface area contributed by atoms with Crippen LogP contribution in [0, 0.1) is 0 Å². The summed E-state index contributed by atoms with van der Waals surface area (Å²) >= 11 is -0.409. The maximum atomic E-state index is 2.62. The summed E-state index contributed by atoms with van der Waals surface area (Å²) < 4.78 is 1.11. The van der Waals surface area contributed by atoms with Gasteiger partial charge in [0, 0.05) is 0 Å². The molecule has 0 spiro atoms. The van der Waals surface area contributed by atoms with Crippen LogP contribution in [0.3, 0.4) is 0 Å². The minimum Gasteiger partial charge on any atom is -1.00 e. The summed E-state index contributed by atoms with van der Waals surface area (Å²) in [6.45, 7) is 5.24. The molecular weight excluding hydrogens is 531 g/mol. The van der Waals surface area contributed by atoms with E-state index in [9.17, 15) is 0 Å². The van der Waals surface area contributed by atoms with Crippen LogP contribution in [-0.4, -0.2) is 8.07 Å². The van der Waals surface area contributed by atoms with E-state index in [-0.39, 0.29) is 24.8 Å². The second-order valence-electron chi connectivity index (χ2n) is 10.1. The summed E-state index contributed by atoms with van der Waals surface area (Å²) in [5, 5.41) is 3.36. The fraction of sp³-hybridized carbons (Fsp3) is 0.125. The molecule has 1 heterocycles. The Kier molecular flexibility index (Phi) is 6.83. The summed E-state index contributed by atoms with van der Waals surface area (Å²) in [6.07, 6.45) is 0. The molecule has 176 valence electrons. The molecule has 0 nitrogen and oxygen atoms in total. The minimum absolute atomic E-state index is 0. The Hall–Kier alpha value is -2.13. The Bertz CT molecular complexity index is 1390. The molecule has 2 atom stereocenters. The number of hydrogen-bond donors (Lipinski definition) is 0. The standard InChI is InChI=1S/C32H26Si.2ClH.Ti/c1-33(2,31-27-19-11-9-17-25(27)21-29(31)23-13-5-3-6-14-23)32-28-20-12-10-18-26(28)22-30(32)24-15-7-4-8-16-24;;;/h3-22H,1-2H3;2*1H;/q;;;+2/p-2. The second kappa shape index (κ2) is 9.63. The molecular formula is C32H26Cl2SiTi. The van der Waals surface area contributed by atoms with Gasteiger partial charge < -0.3 is 24.8 Å². The van der Waals surface area contributed by atoms with Crippen LogP contribution in [0.2, 0.25) is 13.1 Å². The van der Waals surface area contributed by atoms with E-state index < -0.39 is 27.2 Å². The van der Waals surface area contributed by atoms with Gasteiger partial charge in [0.25, 0.3) is 0 Å². The minimum atomic E-state index is -2.06. The number of rotatable bonds is 2. The summed E-state index contributed by atoms with van der Waals surface area (Å²) in [7, 11) is -2.06. The van der Waals surface area contributed by atoms with E-state index in [2.05, 4.69) is 122 Å². The van der Waals surface area contributed by atoms with Crippen molar-refractivity contribution in [3.8, 4) is 0 Å². The van der Waals surface area contributed by atoms with Gasteiger partial charge in [0.05, 0.1) is 0 Å². The van der Waals surface area contributed by atoms with Crippen molar-refractivity contribution in [2.24, 2.45) is 0 Å². The smallest absolute Gasteiger partial charge is 1.00 e. The zero-order valence-electron chi connectivity index (χ0n) is 20.3. The fourth-order valence-corrected chi connectivity index (χ4v) is 14.5. The van der Waals surface area contributed by atoms with Gasteiger partial charge in [0.2, 0.25) is 0 Å². The SMILES string of the molecule is C[Si]1(C)C2=C(c3ccccc3)[CH]([Ti+2][CH]3C(c4ccccc4)=C1c1ccccc13)c1ccccc12.[Cl-].[Cl-]. The van der Waals surface area contributed by atoms with Gasteiger partial charge in [-0.1, -0.05) is 0 Å². The van der Waals surface area contributed by atoms with Gasteiger partial charge >= 0.3 is 213 Å². The Morgan fingerprint density at radius 1 is 0.500 bits per heavy atom. The molecule has 0 amide bonds. The zero-order valence-corrected chi connectivity index (χ0v) is 24.4. The van der Waals surface area contributed by atoms with E-state index in [0.717, 1.165) is 0 Å². The van der Waals surface area contributed by atoms with E-state index in [0.29, 0.717) is 8.45 Å². The van der Waals surface area contributed by atoms with Crippen LogP contribution in [-0.2, 0) is 19.2 Å². The van der Waals surface area contributed by atoms with Crippen molar-refractivity contribution in [2.45, 2.75) is 21.5 Å². The molecule has 4 bridgehead atoms. The molecule has 4 heteroatoms. The van der Waals surface area contributed by atoms with E-state index in [1.165, 1.54) is 22.3 Å². The Labute approximate surface area is 236 Å². The summed E-state index contributed by atoms with van der Waals surface area (Å²) in [5.41, 5.74) is 12.4. The molecule has 3 aliphatic rings. The molecule has 0 N–H and O–H groups in total. The summed E-state index contributed by atoms with van der Waals surface area (Å²) in [6, 6.07) is 41.3. The number of fused-ring (bicyclic) bond motifs is 8. The van der Waals surface area contributed by atoms with Gasteiger partial charge in [-0.15, -0.1) is 0 Å². The van der Waals surface area contributed by atoms with Crippen LogP contribution in [0.4, 0.5) is 0 Å². The van der Waals surface area contributed by atoms with E-state index in [1.54, 1.807) is 32.7 Å². The third-order valence-electron chi connectivity index (χ3n) is 7.95. The molecule has 1 aliphatic heterocycles. The van der Waals surface area contributed by atoms with Gasteiger partial charge in [-0.2, -0.15) is 0 Å². The van der Waals surface area contributed by atoms with Gasteiger partial charge in [0.15, 0.2) is 0 Å². The van der Waals surface area contributed by atoms with Gasteiger partial charge in [-0.25, -0.2) is 0 Å². The van der Waals surface area contributed by atoms with Gasteiger partial charge in [-0.3, -0.25) is 0 Å². The van der Waals surface area contributed by atoms with E-state index >= 15 is 0 Å². The first-order chi connectivity index (χ1) is 16.7. The number of allylic oxidation sites excluding steroid dienone is 2. The number of hydrogen-bond acceptors (Lipinski definition) is 0. The third kappa shape index (κ3) is 3.60.